The molecular weight excluding hydrogens is 328 g/mol. The first-order valence-corrected chi connectivity index (χ1v) is 6.82. The molecule has 0 aromatic heterocycles. The first-order chi connectivity index (χ1) is 9.51. The second kappa shape index (κ2) is 6.22. The third kappa shape index (κ3) is 3.28. The predicted molar refractivity (Wildman–Crippen MR) is 79.1 cm³/mol. The van der Waals surface area contributed by atoms with E-state index in [1.54, 1.807) is 7.11 Å². The number of hydrogen-bond acceptors (Lipinski definition) is 2. The highest BCUT2D eigenvalue weighted by molar-refractivity contribution is 9.10. The molecule has 0 spiro atoms. The Balaban J connectivity index is 2.25. The fourth-order valence-corrected chi connectivity index (χ4v) is 2.51. The van der Waals surface area contributed by atoms with Crippen LogP contribution in [0.4, 0.5) is 14.5 Å². The van der Waals surface area contributed by atoms with Crippen molar-refractivity contribution in [2.24, 2.45) is 0 Å². The van der Waals surface area contributed by atoms with Gasteiger partial charge in [0.05, 0.1) is 12.8 Å². The molecule has 0 aliphatic heterocycles. The van der Waals surface area contributed by atoms with Crippen molar-refractivity contribution in [2.45, 2.75) is 13.5 Å². The van der Waals surface area contributed by atoms with E-state index in [-0.39, 0.29) is 12.1 Å². The van der Waals surface area contributed by atoms with Crippen LogP contribution in [0, 0.1) is 18.6 Å². The molecule has 20 heavy (non-hydrogen) atoms. The van der Waals surface area contributed by atoms with E-state index in [9.17, 15) is 8.78 Å². The van der Waals surface area contributed by atoms with Gasteiger partial charge in [0.1, 0.15) is 17.4 Å². The molecule has 0 aliphatic rings. The molecule has 2 aromatic carbocycles. The summed E-state index contributed by atoms with van der Waals surface area (Å²) in [5.41, 5.74) is 1.99. The molecule has 0 fully saturated rings. The number of aryl methyl sites for hydroxylation is 1. The zero-order valence-corrected chi connectivity index (χ0v) is 12.7. The summed E-state index contributed by atoms with van der Waals surface area (Å²) in [4.78, 5) is 0. The van der Waals surface area contributed by atoms with Crippen LogP contribution < -0.4 is 10.1 Å². The molecule has 2 nitrogen and oxygen atoms in total. The number of methoxy groups -OCH3 is 1. The molecule has 0 saturated heterocycles. The van der Waals surface area contributed by atoms with Crippen molar-refractivity contribution in [1.29, 1.82) is 0 Å². The number of nitrogens with one attached hydrogen (secondary N) is 1. The highest BCUT2D eigenvalue weighted by Gasteiger charge is 2.10. The summed E-state index contributed by atoms with van der Waals surface area (Å²) in [5.74, 6) is -0.246. The predicted octanol–water partition coefficient (Wildman–Crippen LogP) is 4.66. The van der Waals surface area contributed by atoms with Crippen molar-refractivity contribution in [2.75, 3.05) is 12.4 Å². The first kappa shape index (κ1) is 14.8. The molecule has 0 atom stereocenters. The van der Waals surface area contributed by atoms with Gasteiger partial charge in [-0.05, 0) is 42.8 Å². The second-order valence-electron chi connectivity index (χ2n) is 4.39. The molecule has 0 radical (unpaired) electrons. The van der Waals surface area contributed by atoms with E-state index in [1.807, 2.05) is 19.1 Å². The Morgan fingerprint density at radius 3 is 2.65 bits per heavy atom. The minimum atomic E-state index is -0.456. The monoisotopic (exact) mass is 341 g/mol. The molecular formula is C15H14BrF2NO. The molecule has 0 heterocycles. The average molecular weight is 342 g/mol. The van der Waals surface area contributed by atoms with Crippen LogP contribution >= 0.6 is 15.9 Å². The normalized spacial score (nSPS) is 10.4. The molecule has 0 amide bonds. The van der Waals surface area contributed by atoms with E-state index in [1.165, 1.54) is 6.07 Å². The summed E-state index contributed by atoms with van der Waals surface area (Å²) < 4.78 is 32.9. The van der Waals surface area contributed by atoms with Gasteiger partial charge in [0.2, 0.25) is 0 Å². The van der Waals surface area contributed by atoms with Gasteiger partial charge in [-0.1, -0.05) is 15.9 Å². The van der Waals surface area contributed by atoms with E-state index in [0.29, 0.717) is 5.75 Å². The Kier molecular flexibility index (Phi) is 4.60. The summed E-state index contributed by atoms with van der Waals surface area (Å²) in [6, 6.07) is 7.15. The fourth-order valence-electron chi connectivity index (χ4n) is 1.96. The van der Waals surface area contributed by atoms with Crippen LogP contribution in [0.5, 0.6) is 5.75 Å². The smallest absolute Gasteiger partial charge is 0.143 e. The largest absolute Gasteiger partial charge is 0.495 e. The van der Waals surface area contributed by atoms with Gasteiger partial charge >= 0.3 is 0 Å². The van der Waals surface area contributed by atoms with Crippen molar-refractivity contribution in [3.63, 3.8) is 0 Å². The maximum absolute atomic E-state index is 13.6. The Morgan fingerprint density at radius 1 is 1.20 bits per heavy atom. The molecule has 0 aliphatic carbocycles. The molecule has 0 bridgehead atoms. The van der Waals surface area contributed by atoms with E-state index in [0.717, 1.165) is 27.9 Å². The van der Waals surface area contributed by atoms with Crippen molar-refractivity contribution >= 4 is 21.6 Å². The van der Waals surface area contributed by atoms with Gasteiger partial charge < -0.3 is 10.1 Å². The summed E-state index contributed by atoms with van der Waals surface area (Å²) in [6.07, 6.45) is 0. The molecule has 106 valence electrons. The lowest BCUT2D eigenvalue weighted by Gasteiger charge is -2.15. The fraction of sp³-hybridized carbons (Fsp3) is 0.200. The zero-order valence-electron chi connectivity index (χ0n) is 11.1. The number of benzene rings is 2. The topological polar surface area (TPSA) is 21.3 Å². The SMILES string of the molecule is COc1cc(Br)cc(C)c1NCc1cc(F)ccc1F. The van der Waals surface area contributed by atoms with Crippen LogP contribution in [-0.4, -0.2) is 7.11 Å². The van der Waals surface area contributed by atoms with E-state index in [2.05, 4.69) is 21.2 Å². The summed E-state index contributed by atoms with van der Waals surface area (Å²) >= 11 is 3.39. The summed E-state index contributed by atoms with van der Waals surface area (Å²) in [5, 5.41) is 3.09. The first-order valence-electron chi connectivity index (χ1n) is 6.03. The molecule has 0 unspecified atom stereocenters. The van der Waals surface area contributed by atoms with Gasteiger partial charge in [-0.2, -0.15) is 0 Å². The van der Waals surface area contributed by atoms with Crippen molar-refractivity contribution in [3.05, 3.63) is 57.6 Å². The Hall–Kier alpha value is -1.62. The van der Waals surface area contributed by atoms with Gasteiger partial charge in [0, 0.05) is 16.6 Å². The quantitative estimate of drug-likeness (QED) is 0.873. The van der Waals surface area contributed by atoms with Gasteiger partial charge in [-0.3, -0.25) is 0 Å². The molecule has 1 N–H and O–H groups in total. The Labute approximate surface area is 124 Å². The van der Waals surface area contributed by atoms with Crippen LogP contribution in [0.3, 0.4) is 0 Å². The maximum Gasteiger partial charge on any atom is 0.143 e. The minimum Gasteiger partial charge on any atom is -0.495 e. The number of anilines is 1. The van der Waals surface area contributed by atoms with Gasteiger partial charge in [-0.25, -0.2) is 8.78 Å². The number of halogens is 3. The number of hydrogen-bond donors (Lipinski definition) is 1. The highest BCUT2D eigenvalue weighted by Crippen LogP contribution is 2.32. The third-order valence-electron chi connectivity index (χ3n) is 2.95. The van der Waals surface area contributed by atoms with Crippen LogP contribution in [0.2, 0.25) is 0 Å². The van der Waals surface area contributed by atoms with Gasteiger partial charge in [0.15, 0.2) is 0 Å². The van der Waals surface area contributed by atoms with Crippen molar-refractivity contribution in [3.8, 4) is 5.75 Å². The highest BCUT2D eigenvalue weighted by atomic mass is 79.9. The number of ether oxygens (including phenoxy) is 1. The average Bonchev–Trinajstić information content (AvgIpc) is 2.40. The van der Waals surface area contributed by atoms with Crippen LogP contribution in [0.1, 0.15) is 11.1 Å². The molecule has 0 saturated carbocycles. The van der Waals surface area contributed by atoms with Gasteiger partial charge in [-0.15, -0.1) is 0 Å². The van der Waals surface area contributed by atoms with Crippen molar-refractivity contribution < 1.29 is 13.5 Å². The lowest BCUT2D eigenvalue weighted by Crippen LogP contribution is -2.05. The Bertz CT molecular complexity index is 632. The maximum atomic E-state index is 13.6. The van der Waals surface area contributed by atoms with Crippen LogP contribution in [0.15, 0.2) is 34.8 Å². The second-order valence-corrected chi connectivity index (χ2v) is 5.30. The lowest BCUT2D eigenvalue weighted by molar-refractivity contribution is 0.416. The van der Waals surface area contributed by atoms with E-state index < -0.39 is 11.6 Å². The van der Waals surface area contributed by atoms with Crippen LogP contribution in [-0.2, 0) is 6.54 Å². The standard InChI is InChI=1S/C15H14BrF2NO/c1-9-5-11(16)7-14(20-2)15(9)19-8-10-6-12(17)3-4-13(10)18/h3-7,19H,8H2,1-2H3. The molecule has 2 rings (SSSR count). The van der Waals surface area contributed by atoms with Gasteiger partial charge in [0.25, 0.3) is 0 Å². The summed E-state index contributed by atoms with van der Waals surface area (Å²) in [6.45, 7) is 2.10. The van der Waals surface area contributed by atoms with Crippen LogP contribution in [0.25, 0.3) is 0 Å². The molecule has 5 heteroatoms. The zero-order chi connectivity index (χ0) is 14.7. The number of rotatable bonds is 4. The van der Waals surface area contributed by atoms with E-state index >= 15 is 0 Å². The van der Waals surface area contributed by atoms with E-state index in [4.69, 9.17) is 4.74 Å². The minimum absolute atomic E-state index is 0.183. The third-order valence-corrected chi connectivity index (χ3v) is 3.41. The Morgan fingerprint density at radius 2 is 1.95 bits per heavy atom. The lowest BCUT2D eigenvalue weighted by atomic mass is 10.1. The molecule has 2 aromatic rings. The van der Waals surface area contributed by atoms with Crippen molar-refractivity contribution in [1.82, 2.24) is 0 Å². The summed E-state index contributed by atoms with van der Waals surface area (Å²) in [7, 11) is 1.56.